The van der Waals surface area contributed by atoms with Crippen LogP contribution in [0.3, 0.4) is 0 Å². The van der Waals surface area contributed by atoms with Gasteiger partial charge in [-0.25, -0.2) is 3.97 Å². The molecule has 0 amide bonds. The summed E-state index contributed by atoms with van der Waals surface area (Å²) in [7, 11) is -3.76. The van der Waals surface area contributed by atoms with Gasteiger partial charge in [-0.05, 0) is 23.8 Å². The normalized spacial score (nSPS) is 11.8. The first kappa shape index (κ1) is 11.5. The van der Waals surface area contributed by atoms with Crippen molar-refractivity contribution < 1.29 is 12.6 Å². The molecule has 0 saturated carbocycles. The van der Waals surface area contributed by atoms with Gasteiger partial charge in [0.25, 0.3) is 0 Å². The van der Waals surface area contributed by atoms with Crippen LogP contribution in [0.15, 0.2) is 61.1 Å². The van der Waals surface area contributed by atoms with Crippen LogP contribution in [0.2, 0.25) is 0 Å². The van der Waals surface area contributed by atoms with Crippen LogP contribution in [0.5, 0.6) is 0 Å². The van der Waals surface area contributed by atoms with Gasteiger partial charge in [0.05, 0.1) is 0 Å². The topological polar surface area (TPSA) is 48.3 Å². The molecular formula is C12H11NO3S. The molecule has 0 saturated heterocycles. The average molecular weight is 249 g/mol. The van der Waals surface area contributed by atoms with E-state index in [2.05, 4.69) is 0 Å². The van der Waals surface area contributed by atoms with Gasteiger partial charge in [-0.3, -0.25) is 0 Å². The molecule has 0 aliphatic heterocycles. The van der Waals surface area contributed by atoms with Gasteiger partial charge in [0.2, 0.25) is 0 Å². The molecule has 0 unspecified atom stereocenters. The predicted molar refractivity (Wildman–Crippen MR) is 65.3 cm³/mol. The first-order chi connectivity index (χ1) is 8.18. The Morgan fingerprint density at radius 1 is 1.00 bits per heavy atom. The Labute approximate surface area is 100 Å². The maximum absolute atomic E-state index is 11.6. The van der Waals surface area contributed by atoms with E-state index in [1.165, 1.54) is 12.4 Å². The van der Waals surface area contributed by atoms with Crippen LogP contribution in [0.1, 0.15) is 5.56 Å². The Balaban J connectivity index is 2.06. The van der Waals surface area contributed by atoms with Crippen molar-refractivity contribution >= 4 is 16.4 Å². The molecule has 0 bridgehead atoms. The molecule has 0 radical (unpaired) electrons. The fourth-order valence-electron chi connectivity index (χ4n) is 1.26. The Morgan fingerprint density at radius 3 is 2.29 bits per heavy atom. The highest BCUT2D eigenvalue weighted by molar-refractivity contribution is 7.85. The van der Waals surface area contributed by atoms with Crippen LogP contribution >= 0.6 is 0 Å². The average Bonchev–Trinajstić information content (AvgIpc) is 2.84. The van der Waals surface area contributed by atoms with Gasteiger partial charge in [0.15, 0.2) is 0 Å². The van der Waals surface area contributed by atoms with E-state index in [0.29, 0.717) is 0 Å². The summed E-state index contributed by atoms with van der Waals surface area (Å²) in [6.45, 7) is 0. The van der Waals surface area contributed by atoms with Crippen LogP contribution in [-0.2, 0) is 14.5 Å². The number of benzene rings is 1. The zero-order valence-electron chi connectivity index (χ0n) is 8.93. The van der Waals surface area contributed by atoms with E-state index < -0.39 is 10.3 Å². The van der Waals surface area contributed by atoms with E-state index in [1.807, 2.05) is 30.3 Å². The quantitative estimate of drug-likeness (QED) is 0.781. The van der Waals surface area contributed by atoms with Gasteiger partial charge in [-0.2, -0.15) is 8.42 Å². The minimum Gasteiger partial charge on any atom is -0.374 e. The number of hydrogen-bond donors (Lipinski definition) is 0. The van der Waals surface area contributed by atoms with E-state index in [1.54, 1.807) is 18.2 Å². The molecule has 2 aromatic rings. The Hall–Kier alpha value is -2.01. The molecule has 0 aliphatic carbocycles. The van der Waals surface area contributed by atoms with E-state index in [9.17, 15) is 8.42 Å². The second kappa shape index (κ2) is 4.88. The highest BCUT2D eigenvalue weighted by atomic mass is 32.2. The SMILES string of the molecule is O=S(=O)(OC=Cc1ccccc1)n1cccc1. The molecule has 1 aromatic carbocycles. The second-order valence-corrected chi connectivity index (χ2v) is 4.75. The zero-order valence-corrected chi connectivity index (χ0v) is 9.75. The van der Waals surface area contributed by atoms with Crippen molar-refractivity contribution in [2.45, 2.75) is 0 Å². The van der Waals surface area contributed by atoms with E-state index in [4.69, 9.17) is 4.18 Å². The second-order valence-electron chi connectivity index (χ2n) is 3.28. The first-order valence-corrected chi connectivity index (χ1v) is 6.33. The number of rotatable bonds is 4. The fourth-order valence-corrected chi connectivity index (χ4v) is 1.99. The minimum absolute atomic E-state index is 0.871. The number of hydrogen-bond acceptors (Lipinski definition) is 3. The van der Waals surface area contributed by atoms with E-state index in [0.717, 1.165) is 15.8 Å². The summed E-state index contributed by atoms with van der Waals surface area (Å²) in [5.41, 5.74) is 0.871. The summed E-state index contributed by atoms with van der Waals surface area (Å²) >= 11 is 0. The molecule has 0 spiro atoms. The predicted octanol–water partition coefficient (Wildman–Crippen LogP) is 2.27. The summed E-state index contributed by atoms with van der Waals surface area (Å²) in [6, 6.07) is 12.5. The van der Waals surface area contributed by atoms with Crippen LogP contribution in [-0.4, -0.2) is 12.4 Å². The standard InChI is InChI=1S/C12H11NO3S/c14-17(15,13-9-4-5-10-13)16-11-8-12-6-2-1-3-7-12/h1-11H. The van der Waals surface area contributed by atoms with Crippen LogP contribution < -0.4 is 0 Å². The van der Waals surface area contributed by atoms with Gasteiger partial charge in [0.1, 0.15) is 6.26 Å². The van der Waals surface area contributed by atoms with Crippen molar-refractivity contribution in [1.29, 1.82) is 0 Å². The third-order valence-electron chi connectivity index (χ3n) is 2.07. The third-order valence-corrected chi connectivity index (χ3v) is 3.19. The Kier molecular flexibility index (Phi) is 3.30. The van der Waals surface area contributed by atoms with E-state index >= 15 is 0 Å². The van der Waals surface area contributed by atoms with Gasteiger partial charge >= 0.3 is 10.3 Å². The lowest BCUT2D eigenvalue weighted by molar-refractivity contribution is 0.436. The fraction of sp³-hybridized carbons (Fsp3) is 0. The maximum Gasteiger partial charge on any atom is 0.412 e. The van der Waals surface area contributed by atoms with Gasteiger partial charge in [-0.15, -0.1) is 0 Å². The minimum atomic E-state index is -3.76. The van der Waals surface area contributed by atoms with Crippen molar-refractivity contribution in [3.63, 3.8) is 0 Å². The number of nitrogens with zero attached hydrogens (tertiary/aromatic N) is 1. The molecule has 2 rings (SSSR count). The maximum atomic E-state index is 11.6. The molecule has 4 nitrogen and oxygen atoms in total. The summed E-state index contributed by atoms with van der Waals surface area (Å²) in [6.07, 6.45) is 5.56. The monoisotopic (exact) mass is 249 g/mol. The molecule has 0 aliphatic rings. The van der Waals surface area contributed by atoms with Gasteiger partial charge in [-0.1, -0.05) is 30.3 Å². The number of aromatic nitrogens is 1. The first-order valence-electron chi connectivity index (χ1n) is 4.97. The Bertz CT molecular complexity index is 586. The molecule has 5 heteroatoms. The van der Waals surface area contributed by atoms with Crippen LogP contribution in [0.25, 0.3) is 6.08 Å². The van der Waals surface area contributed by atoms with Crippen LogP contribution in [0.4, 0.5) is 0 Å². The van der Waals surface area contributed by atoms with Gasteiger partial charge in [0, 0.05) is 12.4 Å². The molecule has 88 valence electrons. The van der Waals surface area contributed by atoms with Crippen molar-refractivity contribution in [3.8, 4) is 0 Å². The summed E-state index contributed by atoms with van der Waals surface area (Å²) in [4.78, 5) is 0. The van der Waals surface area contributed by atoms with Crippen molar-refractivity contribution in [1.82, 2.24) is 3.97 Å². The lowest BCUT2D eigenvalue weighted by Crippen LogP contribution is -2.10. The highest BCUT2D eigenvalue weighted by Gasteiger charge is 2.09. The molecule has 1 heterocycles. The molecule has 0 atom stereocenters. The molecule has 0 N–H and O–H groups in total. The third kappa shape index (κ3) is 2.98. The molecular weight excluding hydrogens is 238 g/mol. The summed E-state index contributed by atoms with van der Waals surface area (Å²) in [5.74, 6) is 0. The molecule has 17 heavy (non-hydrogen) atoms. The van der Waals surface area contributed by atoms with Crippen LogP contribution in [0, 0.1) is 0 Å². The van der Waals surface area contributed by atoms with Crippen molar-refractivity contribution in [3.05, 3.63) is 66.7 Å². The highest BCUT2D eigenvalue weighted by Crippen LogP contribution is 2.05. The largest absolute Gasteiger partial charge is 0.412 e. The summed E-state index contributed by atoms with van der Waals surface area (Å²) < 4.78 is 28.9. The Morgan fingerprint density at radius 2 is 1.65 bits per heavy atom. The lowest BCUT2D eigenvalue weighted by atomic mass is 10.2. The van der Waals surface area contributed by atoms with Crippen molar-refractivity contribution in [2.24, 2.45) is 0 Å². The summed E-state index contributed by atoms with van der Waals surface area (Å²) in [5, 5.41) is 0. The smallest absolute Gasteiger partial charge is 0.374 e. The van der Waals surface area contributed by atoms with Gasteiger partial charge < -0.3 is 4.18 Å². The lowest BCUT2D eigenvalue weighted by Gasteiger charge is -2.02. The molecule has 0 fully saturated rings. The molecule has 1 aromatic heterocycles. The van der Waals surface area contributed by atoms with Crippen molar-refractivity contribution in [2.75, 3.05) is 0 Å². The van der Waals surface area contributed by atoms with E-state index in [-0.39, 0.29) is 0 Å². The zero-order chi connectivity index (χ0) is 12.1.